The van der Waals surface area contributed by atoms with Gasteiger partial charge in [0.15, 0.2) is 17.7 Å². The van der Waals surface area contributed by atoms with E-state index in [0.29, 0.717) is 22.6 Å². The van der Waals surface area contributed by atoms with E-state index >= 15 is 0 Å². The first kappa shape index (κ1) is 21.8. The van der Waals surface area contributed by atoms with Gasteiger partial charge < -0.3 is 19.9 Å². The van der Waals surface area contributed by atoms with Crippen molar-refractivity contribution in [2.24, 2.45) is 11.7 Å². The van der Waals surface area contributed by atoms with Crippen molar-refractivity contribution in [3.63, 3.8) is 0 Å². The highest BCUT2D eigenvalue weighted by Crippen LogP contribution is 2.44. The number of hydrogen-bond acceptors (Lipinski definition) is 7. The Morgan fingerprint density at radius 3 is 2.71 bits per heavy atom. The van der Waals surface area contributed by atoms with Crippen LogP contribution in [0.15, 0.2) is 43.0 Å². The van der Waals surface area contributed by atoms with E-state index in [1.807, 2.05) is 24.5 Å². The summed E-state index contributed by atoms with van der Waals surface area (Å²) in [6.45, 7) is 3.76. The molecule has 3 aromatic rings. The lowest BCUT2D eigenvalue weighted by atomic mass is 9.79. The second kappa shape index (κ2) is 8.20. The van der Waals surface area contributed by atoms with Gasteiger partial charge in [-0.25, -0.2) is 19.3 Å². The molecular formula is C25H28FN5O3. The Morgan fingerprint density at radius 1 is 1.15 bits per heavy atom. The molecule has 0 spiro atoms. The largest absolute Gasteiger partial charge is 0.345 e. The van der Waals surface area contributed by atoms with Crippen LogP contribution < -0.4 is 5.73 Å². The molecule has 3 fully saturated rings. The molecular weight excluding hydrogens is 437 g/mol. The molecule has 2 aromatic heterocycles. The van der Waals surface area contributed by atoms with Gasteiger partial charge in [0.1, 0.15) is 36.0 Å². The van der Waals surface area contributed by atoms with Crippen molar-refractivity contribution in [1.82, 2.24) is 19.5 Å². The molecule has 1 unspecified atom stereocenters. The monoisotopic (exact) mass is 465 g/mol. The van der Waals surface area contributed by atoms with Gasteiger partial charge in [-0.3, -0.25) is 4.57 Å². The van der Waals surface area contributed by atoms with E-state index in [1.54, 1.807) is 30.6 Å². The summed E-state index contributed by atoms with van der Waals surface area (Å²) in [5, 5.41) is 0. The number of imidazole rings is 1. The third-order valence-corrected chi connectivity index (χ3v) is 7.07. The molecule has 9 heteroatoms. The summed E-state index contributed by atoms with van der Waals surface area (Å²) in [6.07, 6.45) is 8.50. The van der Waals surface area contributed by atoms with Crippen LogP contribution in [0.5, 0.6) is 0 Å². The van der Waals surface area contributed by atoms with Crippen LogP contribution in [-0.2, 0) is 14.2 Å². The summed E-state index contributed by atoms with van der Waals surface area (Å²) >= 11 is 0. The number of ether oxygens (including phenoxy) is 3. The van der Waals surface area contributed by atoms with Crippen molar-refractivity contribution in [3.05, 3.63) is 60.1 Å². The molecule has 2 saturated heterocycles. The number of fused-ring (bicyclic) bond motifs is 2. The molecule has 2 aliphatic heterocycles. The highest BCUT2D eigenvalue weighted by molar-refractivity contribution is 5.74. The number of rotatable bonds is 5. The molecule has 3 aliphatic rings. The Bertz CT molecular complexity index is 1240. The van der Waals surface area contributed by atoms with E-state index in [-0.39, 0.29) is 24.1 Å². The molecule has 2 N–H and O–H groups in total. The highest BCUT2D eigenvalue weighted by Gasteiger charge is 2.55. The Kier molecular flexibility index (Phi) is 5.25. The zero-order valence-corrected chi connectivity index (χ0v) is 19.2. The maximum absolute atomic E-state index is 14.1. The van der Waals surface area contributed by atoms with Gasteiger partial charge in [-0.05, 0) is 38.7 Å². The average molecular weight is 466 g/mol. The maximum atomic E-state index is 14.1. The first-order valence-corrected chi connectivity index (χ1v) is 11.8. The lowest BCUT2D eigenvalue weighted by Gasteiger charge is -2.30. The van der Waals surface area contributed by atoms with Crippen LogP contribution in [0, 0.1) is 11.7 Å². The number of hydrogen-bond donors (Lipinski definition) is 1. The molecule has 0 radical (unpaired) electrons. The van der Waals surface area contributed by atoms with Gasteiger partial charge in [0, 0.05) is 5.56 Å². The number of halogens is 1. The molecule has 178 valence electrons. The molecule has 0 bridgehead atoms. The minimum Gasteiger partial charge on any atom is -0.345 e. The standard InChI is InChI=1S/C25H28FN5O3/c1-25(2)33-21-17(11-10-14-6-3-4-9-16(14)26)32-24(22(21)34-25)31-13-30-20-19(28-12-29-23(20)31)18(27)15-7-5-8-15/h3-4,6,9-13,15,17-18,21-22,24H,5,7-8,27H2,1-2H3/t17-,18?,21-,22+,24-/m1/s1. The molecule has 6 rings (SSSR count). The number of aromatic nitrogens is 4. The summed E-state index contributed by atoms with van der Waals surface area (Å²) in [4.78, 5) is 13.6. The fraction of sp³-hybridized carbons (Fsp3) is 0.480. The van der Waals surface area contributed by atoms with Gasteiger partial charge in [-0.15, -0.1) is 0 Å². The number of nitrogens with zero attached hydrogens (tertiary/aromatic N) is 4. The number of nitrogens with two attached hydrogens (primary N) is 1. The lowest BCUT2D eigenvalue weighted by molar-refractivity contribution is -0.191. The van der Waals surface area contributed by atoms with Crippen LogP contribution in [0.2, 0.25) is 0 Å². The summed E-state index contributed by atoms with van der Waals surface area (Å²) in [5.74, 6) is -0.637. The number of benzene rings is 1. The molecule has 8 nitrogen and oxygen atoms in total. The molecule has 1 aliphatic carbocycles. The fourth-order valence-electron chi connectivity index (χ4n) is 5.12. The Balaban J connectivity index is 1.34. The van der Waals surface area contributed by atoms with E-state index in [0.717, 1.165) is 18.5 Å². The Morgan fingerprint density at radius 2 is 1.94 bits per heavy atom. The SMILES string of the molecule is CC1(C)O[C@H]2[C@H](O1)[C@@H](C=Cc1ccccc1F)O[C@H]2n1cnc2c(C(N)C3CCC3)ncnc21. The zero-order chi connectivity index (χ0) is 23.4. The quantitative estimate of drug-likeness (QED) is 0.610. The van der Waals surface area contributed by atoms with Crippen molar-refractivity contribution < 1.29 is 18.6 Å². The Labute approximate surface area is 196 Å². The smallest absolute Gasteiger partial charge is 0.166 e. The van der Waals surface area contributed by atoms with E-state index in [4.69, 9.17) is 19.9 Å². The topological polar surface area (TPSA) is 97.3 Å². The van der Waals surface area contributed by atoms with Gasteiger partial charge in [0.25, 0.3) is 0 Å². The van der Waals surface area contributed by atoms with Crippen LogP contribution in [0.25, 0.3) is 17.2 Å². The fourth-order valence-corrected chi connectivity index (χ4v) is 5.12. The molecule has 4 heterocycles. The minimum atomic E-state index is -0.773. The van der Waals surface area contributed by atoms with Gasteiger partial charge in [-0.1, -0.05) is 36.8 Å². The molecule has 1 saturated carbocycles. The molecule has 1 aromatic carbocycles. The molecule has 0 amide bonds. The van der Waals surface area contributed by atoms with Gasteiger partial charge in [-0.2, -0.15) is 0 Å². The van der Waals surface area contributed by atoms with E-state index in [2.05, 4.69) is 15.0 Å². The van der Waals surface area contributed by atoms with E-state index in [9.17, 15) is 4.39 Å². The van der Waals surface area contributed by atoms with Gasteiger partial charge in [0.2, 0.25) is 0 Å². The summed E-state index contributed by atoms with van der Waals surface area (Å²) in [5.41, 5.74) is 9.11. The minimum absolute atomic E-state index is 0.165. The average Bonchev–Trinajstić information content (AvgIpc) is 3.42. The molecule has 5 atom stereocenters. The van der Waals surface area contributed by atoms with Crippen LogP contribution >= 0.6 is 0 Å². The zero-order valence-electron chi connectivity index (χ0n) is 19.2. The second-order valence-corrected chi connectivity index (χ2v) is 9.74. The maximum Gasteiger partial charge on any atom is 0.166 e. The van der Waals surface area contributed by atoms with Crippen molar-refractivity contribution in [3.8, 4) is 0 Å². The first-order valence-electron chi connectivity index (χ1n) is 11.8. The normalized spacial score (nSPS) is 29.5. The predicted octanol–water partition coefficient (Wildman–Crippen LogP) is 3.90. The van der Waals surface area contributed by atoms with Crippen LogP contribution in [-0.4, -0.2) is 43.6 Å². The van der Waals surface area contributed by atoms with Crippen LogP contribution in [0.4, 0.5) is 4.39 Å². The molecule has 34 heavy (non-hydrogen) atoms. The third kappa shape index (κ3) is 3.63. The third-order valence-electron chi connectivity index (χ3n) is 7.07. The van der Waals surface area contributed by atoms with Crippen molar-refractivity contribution in [2.45, 2.75) is 69.5 Å². The van der Waals surface area contributed by atoms with Crippen LogP contribution in [0.1, 0.15) is 56.6 Å². The Hall–Kier alpha value is -2.72. The summed E-state index contributed by atoms with van der Waals surface area (Å²) in [7, 11) is 0. The predicted molar refractivity (Wildman–Crippen MR) is 123 cm³/mol. The highest BCUT2D eigenvalue weighted by atomic mass is 19.1. The van der Waals surface area contributed by atoms with E-state index in [1.165, 1.54) is 18.8 Å². The summed E-state index contributed by atoms with van der Waals surface area (Å²) in [6, 6.07) is 6.45. The second-order valence-electron chi connectivity index (χ2n) is 9.74. The van der Waals surface area contributed by atoms with Crippen molar-refractivity contribution in [1.29, 1.82) is 0 Å². The van der Waals surface area contributed by atoms with Gasteiger partial charge in [0.05, 0.1) is 18.1 Å². The summed E-state index contributed by atoms with van der Waals surface area (Å²) < 4.78 is 34.8. The van der Waals surface area contributed by atoms with E-state index < -0.39 is 18.1 Å². The van der Waals surface area contributed by atoms with Crippen LogP contribution in [0.3, 0.4) is 0 Å². The first-order chi connectivity index (χ1) is 16.4. The van der Waals surface area contributed by atoms with Crippen molar-refractivity contribution in [2.75, 3.05) is 0 Å². The van der Waals surface area contributed by atoms with Crippen molar-refractivity contribution >= 4 is 17.2 Å². The lowest BCUT2D eigenvalue weighted by Crippen LogP contribution is -2.28. The van der Waals surface area contributed by atoms with Gasteiger partial charge >= 0.3 is 0 Å².